The van der Waals surface area contributed by atoms with Crippen LogP contribution in [0.1, 0.15) is 0 Å². The molecule has 1 heterocycles. The molecule has 1 rings (SSSR count). The maximum absolute atomic E-state index is 9.70. The Morgan fingerprint density at radius 1 is 0.826 bits per heavy atom. The van der Waals surface area contributed by atoms with Gasteiger partial charge in [-0.25, -0.2) is 0 Å². The molecule has 23 heavy (non-hydrogen) atoms. The molecule has 1 fully saturated rings. The molecular weight excluding hydrogens is 320 g/mol. The van der Waals surface area contributed by atoms with Gasteiger partial charge in [0, 0.05) is 0 Å². The number of hydrogen-bond acceptors (Lipinski definition) is 11. The van der Waals surface area contributed by atoms with E-state index in [1.54, 1.807) is 0 Å². The second-order valence-corrected chi connectivity index (χ2v) is 5.33. The zero-order chi connectivity index (χ0) is 17.7. The fraction of sp³-hybridized carbons (Fsp3) is 1.00. The standard InChI is InChI=1S/C12H24O11/c13-1-4(15)7(17)8(18)5(16)3-22-12-11(21)10(20)9(19)6(2-14)23-12/h4-21H,1-3H2/t4-,5+,6-,7+,8+,9-,10+,11-,12-/m0/s1. The summed E-state index contributed by atoms with van der Waals surface area (Å²) in [6.07, 6.45) is -14.7. The Hall–Kier alpha value is -0.440. The molecule has 11 nitrogen and oxygen atoms in total. The molecule has 138 valence electrons. The average molecular weight is 344 g/mol. The Balaban J connectivity index is 2.55. The molecule has 9 atom stereocenters. The van der Waals surface area contributed by atoms with Crippen LogP contribution in [0.4, 0.5) is 0 Å². The summed E-state index contributed by atoms with van der Waals surface area (Å²) in [6.45, 7) is -2.16. The molecule has 9 N–H and O–H groups in total. The van der Waals surface area contributed by atoms with Crippen LogP contribution in [0.3, 0.4) is 0 Å². The lowest BCUT2D eigenvalue weighted by Crippen LogP contribution is -2.59. The van der Waals surface area contributed by atoms with Gasteiger partial charge in [0.1, 0.15) is 48.8 Å². The van der Waals surface area contributed by atoms with Crippen molar-refractivity contribution in [2.75, 3.05) is 19.8 Å². The van der Waals surface area contributed by atoms with E-state index in [4.69, 9.17) is 19.7 Å². The van der Waals surface area contributed by atoms with E-state index in [1.165, 1.54) is 0 Å². The van der Waals surface area contributed by atoms with Crippen LogP contribution in [-0.2, 0) is 9.47 Å². The molecule has 0 bridgehead atoms. The molecule has 0 spiro atoms. The minimum atomic E-state index is -1.86. The van der Waals surface area contributed by atoms with Crippen LogP contribution in [0.25, 0.3) is 0 Å². The summed E-state index contributed by atoms with van der Waals surface area (Å²) in [5, 5.41) is 84.4. The highest BCUT2D eigenvalue weighted by Crippen LogP contribution is 2.22. The maximum Gasteiger partial charge on any atom is 0.186 e. The van der Waals surface area contributed by atoms with Gasteiger partial charge in [-0.3, -0.25) is 0 Å². The van der Waals surface area contributed by atoms with Crippen molar-refractivity contribution in [3.05, 3.63) is 0 Å². The van der Waals surface area contributed by atoms with Gasteiger partial charge in [0.25, 0.3) is 0 Å². The average Bonchev–Trinajstić information content (AvgIpc) is 2.56. The Bertz CT molecular complexity index is 341. The second-order valence-electron chi connectivity index (χ2n) is 5.33. The maximum atomic E-state index is 9.70. The van der Waals surface area contributed by atoms with Crippen LogP contribution in [0, 0.1) is 0 Å². The van der Waals surface area contributed by atoms with Crippen molar-refractivity contribution in [3.63, 3.8) is 0 Å². The van der Waals surface area contributed by atoms with Crippen molar-refractivity contribution in [1.29, 1.82) is 0 Å². The third kappa shape index (κ3) is 5.01. The monoisotopic (exact) mass is 344 g/mol. The number of aliphatic hydroxyl groups excluding tert-OH is 9. The Labute approximate surface area is 131 Å². The summed E-state index contributed by atoms with van der Waals surface area (Å²) >= 11 is 0. The SMILES string of the molecule is OC[C@@H]1O[C@H](OC[C@@H](O)[C@@H](O)[C@H](O)[C@@H](O)CO)[C@@H](O)[C@H](O)[C@H]1O. The van der Waals surface area contributed by atoms with Crippen molar-refractivity contribution in [2.24, 2.45) is 0 Å². The van der Waals surface area contributed by atoms with Gasteiger partial charge in [-0.05, 0) is 0 Å². The van der Waals surface area contributed by atoms with E-state index in [1.807, 2.05) is 0 Å². The molecule has 11 heteroatoms. The molecule has 1 saturated heterocycles. The molecule has 0 aromatic carbocycles. The summed E-state index contributed by atoms with van der Waals surface area (Å²) in [4.78, 5) is 0. The molecule has 0 aromatic heterocycles. The smallest absolute Gasteiger partial charge is 0.186 e. The first-order valence-electron chi connectivity index (χ1n) is 6.99. The lowest BCUT2D eigenvalue weighted by molar-refractivity contribution is -0.306. The molecule has 0 unspecified atom stereocenters. The van der Waals surface area contributed by atoms with Crippen LogP contribution >= 0.6 is 0 Å². The lowest BCUT2D eigenvalue weighted by atomic mass is 9.99. The summed E-state index contributed by atoms with van der Waals surface area (Å²) < 4.78 is 9.99. The molecule has 0 aliphatic carbocycles. The zero-order valence-corrected chi connectivity index (χ0v) is 12.2. The highest BCUT2D eigenvalue weighted by molar-refractivity contribution is 4.89. The second kappa shape index (κ2) is 9.15. The third-order valence-electron chi connectivity index (χ3n) is 3.61. The molecule has 0 aromatic rings. The number of aliphatic hydroxyl groups is 9. The largest absolute Gasteiger partial charge is 0.394 e. The number of hydrogen-bond donors (Lipinski definition) is 9. The van der Waals surface area contributed by atoms with Crippen LogP contribution in [0.2, 0.25) is 0 Å². The van der Waals surface area contributed by atoms with E-state index in [2.05, 4.69) is 0 Å². The molecule has 0 amide bonds. The fourth-order valence-corrected chi connectivity index (χ4v) is 2.06. The number of ether oxygens (including phenoxy) is 2. The van der Waals surface area contributed by atoms with E-state index in [0.717, 1.165) is 0 Å². The first-order valence-corrected chi connectivity index (χ1v) is 6.99. The van der Waals surface area contributed by atoms with Gasteiger partial charge in [0.05, 0.1) is 19.8 Å². The van der Waals surface area contributed by atoms with Crippen LogP contribution in [0.15, 0.2) is 0 Å². The van der Waals surface area contributed by atoms with Crippen molar-refractivity contribution in [1.82, 2.24) is 0 Å². The van der Waals surface area contributed by atoms with E-state index >= 15 is 0 Å². The summed E-state index contributed by atoms with van der Waals surface area (Å²) in [7, 11) is 0. The van der Waals surface area contributed by atoms with Gasteiger partial charge in [0.2, 0.25) is 0 Å². The van der Waals surface area contributed by atoms with Gasteiger partial charge in [-0.15, -0.1) is 0 Å². The van der Waals surface area contributed by atoms with Gasteiger partial charge in [0.15, 0.2) is 6.29 Å². The minimum Gasteiger partial charge on any atom is -0.394 e. The third-order valence-corrected chi connectivity index (χ3v) is 3.61. The van der Waals surface area contributed by atoms with Crippen molar-refractivity contribution in [3.8, 4) is 0 Å². The van der Waals surface area contributed by atoms with Gasteiger partial charge in [-0.1, -0.05) is 0 Å². The van der Waals surface area contributed by atoms with Crippen LogP contribution in [-0.4, -0.2) is 121 Å². The first kappa shape index (κ1) is 20.6. The molecule has 1 aliphatic heterocycles. The predicted molar refractivity (Wildman–Crippen MR) is 70.8 cm³/mol. The Morgan fingerprint density at radius 3 is 1.91 bits per heavy atom. The number of rotatable bonds is 8. The molecule has 1 aliphatic rings. The van der Waals surface area contributed by atoms with Crippen molar-refractivity contribution < 1.29 is 55.4 Å². The normalized spacial score (nSPS) is 37.2. The van der Waals surface area contributed by atoms with E-state index < -0.39 is 74.9 Å². The van der Waals surface area contributed by atoms with Crippen molar-refractivity contribution in [2.45, 2.75) is 55.1 Å². The van der Waals surface area contributed by atoms with Crippen molar-refractivity contribution >= 4 is 0 Å². The zero-order valence-electron chi connectivity index (χ0n) is 12.2. The summed E-state index contributed by atoms with van der Waals surface area (Å²) in [5.74, 6) is 0. The fourth-order valence-electron chi connectivity index (χ4n) is 2.06. The van der Waals surface area contributed by atoms with Gasteiger partial charge < -0.3 is 55.4 Å². The molecule has 0 radical (unpaired) electrons. The first-order chi connectivity index (χ1) is 10.7. The van der Waals surface area contributed by atoms with E-state index in [9.17, 15) is 35.7 Å². The lowest BCUT2D eigenvalue weighted by Gasteiger charge is -2.40. The Morgan fingerprint density at radius 2 is 1.39 bits per heavy atom. The van der Waals surface area contributed by atoms with Crippen LogP contribution in [0.5, 0.6) is 0 Å². The van der Waals surface area contributed by atoms with Gasteiger partial charge >= 0.3 is 0 Å². The summed E-state index contributed by atoms with van der Waals surface area (Å²) in [5.41, 5.74) is 0. The molecular formula is C12H24O11. The summed E-state index contributed by atoms with van der Waals surface area (Å²) in [6, 6.07) is 0. The molecule has 0 saturated carbocycles. The van der Waals surface area contributed by atoms with Crippen LogP contribution < -0.4 is 0 Å². The minimum absolute atomic E-state index is 0.655. The Kier molecular flexibility index (Phi) is 8.20. The van der Waals surface area contributed by atoms with E-state index in [0.29, 0.717) is 0 Å². The highest BCUT2D eigenvalue weighted by atomic mass is 16.7. The quantitative estimate of drug-likeness (QED) is 0.203. The predicted octanol–water partition coefficient (Wildman–Crippen LogP) is -5.76. The highest BCUT2D eigenvalue weighted by Gasteiger charge is 2.44. The van der Waals surface area contributed by atoms with E-state index in [-0.39, 0.29) is 0 Å². The van der Waals surface area contributed by atoms with Gasteiger partial charge in [-0.2, -0.15) is 0 Å². The topological polar surface area (TPSA) is 201 Å².